The molecule has 3 nitrogen and oxygen atoms in total. The van der Waals surface area contributed by atoms with E-state index in [4.69, 9.17) is 16.3 Å². The lowest BCUT2D eigenvalue weighted by Gasteiger charge is -2.39. The van der Waals surface area contributed by atoms with Crippen LogP contribution in [0.5, 0.6) is 0 Å². The Kier molecular flexibility index (Phi) is 5.91. The molecule has 1 saturated heterocycles. The van der Waals surface area contributed by atoms with Crippen LogP contribution in [0.25, 0.3) is 0 Å². The normalized spacial score (nSPS) is 22.4. The van der Waals surface area contributed by atoms with E-state index in [1.807, 2.05) is 48.5 Å². The van der Waals surface area contributed by atoms with Gasteiger partial charge < -0.3 is 9.64 Å². The Labute approximate surface area is 165 Å². The van der Waals surface area contributed by atoms with Gasteiger partial charge in [0.2, 0.25) is 0 Å². The standard InChI is InChI=1S/C21H22ClNO2.ClH/c22-18-9-7-17(8-10-18)21(11-14-23-12-3-4-13-23)15-16-5-1-2-6-19(16)20(24)25-21;/h1-2,5-10H,3-4,11-15H2;1H. The molecular weight excluding hydrogens is 369 g/mol. The van der Waals surface area contributed by atoms with Crippen molar-refractivity contribution in [2.45, 2.75) is 31.3 Å². The molecule has 0 aromatic heterocycles. The van der Waals surface area contributed by atoms with Crippen molar-refractivity contribution in [2.75, 3.05) is 19.6 Å². The fraction of sp³-hybridized carbons (Fsp3) is 0.381. The van der Waals surface area contributed by atoms with Crippen molar-refractivity contribution in [3.05, 3.63) is 70.2 Å². The highest BCUT2D eigenvalue weighted by molar-refractivity contribution is 6.30. The minimum Gasteiger partial charge on any atom is -0.450 e. The van der Waals surface area contributed by atoms with Crippen molar-refractivity contribution in [1.82, 2.24) is 4.90 Å². The first-order chi connectivity index (χ1) is 12.2. The summed E-state index contributed by atoms with van der Waals surface area (Å²) in [5.41, 5.74) is 2.17. The summed E-state index contributed by atoms with van der Waals surface area (Å²) in [5.74, 6) is -0.224. The van der Waals surface area contributed by atoms with Gasteiger partial charge in [0.05, 0.1) is 5.56 Å². The lowest BCUT2D eigenvalue weighted by molar-refractivity contribution is -0.0362. The topological polar surface area (TPSA) is 29.5 Å². The van der Waals surface area contributed by atoms with E-state index in [0.29, 0.717) is 17.0 Å². The van der Waals surface area contributed by atoms with E-state index in [2.05, 4.69) is 4.90 Å². The molecule has 138 valence electrons. The van der Waals surface area contributed by atoms with Crippen LogP contribution in [0.1, 0.15) is 40.7 Å². The Morgan fingerprint density at radius 3 is 2.46 bits per heavy atom. The van der Waals surface area contributed by atoms with Gasteiger partial charge in [-0.15, -0.1) is 12.4 Å². The molecule has 0 aliphatic carbocycles. The maximum absolute atomic E-state index is 12.7. The number of carbonyl (C=O) groups is 1. The van der Waals surface area contributed by atoms with Gasteiger partial charge in [-0.05, 0) is 55.3 Å². The van der Waals surface area contributed by atoms with Crippen molar-refractivity contribution in [1.29, 1.82) is 0 Å². The van der Waals surface area contributed by atoms with Crippen molar-refractivity contribution >= 4 is 30.0 Å². The highest BCUT2D eigenvalue weighted by Gasteiger charge is 2.42. The Morgan fingerprint density at radius 2 is 1.73 bits per heavy atom. The summed E-state index contributed by atoms with van der Waals surface area (Å²) in [6.07, 6.45) is 4.03. The summed E-state index contributed by atoms with van der Waals surface area (Å²) in [5, 5.41) is 0.695. The molecule has 1 atom stereocenters. The molecule has 2 aliphatic rings. The molecular formula is C21H23Cl2NO2. The third-order valence-corrected chi connectivity index (χ3v) is 5.65. The molecule has 0 bridgehead atoms. The molecule has 26 heavy (non-hydrogen) atoms. The number of cyclic esters (lactones) is 1. The highest BCUT2D eigenvalue weighted by atomic mass is 35.5. The number of hydrogen-bond donors (Lipinski definition) is 0. The van der Waals surface area contributed by atoms with Crippen LogP contribution in [-0.2, 0) is 16.8 Å². The molecule has 2 aliphatic heterocycles. The minimum atomic E-state index is -0.612. The smallest absolute Gasteiger partial charge is 0.339 e. The molecule has 0 amide bonds. The van der Waals surface area contributed by atoms with E-state index >= 15 is 0 Å². The molecule has 2 aromatic rings. The molecule has 0 radical (unpaired) electrons. The van der Waals surface area contributed by atoms with Crippen LogP contribution in [0.15, 0.2) is 48.5 Å². The predicted octanol–water partition coefficient (Wildman–Crippen LogP) is 4.86. The average molecular weight is 392 g/mol. The average Bonchev–Trinajstić information content (AvgIpc) is 3.14. The van der Waals surface area contributed by atoms with Gasteiger partial charge in [0.25, 0.3) is 0 Å². The molecule has 0 saturated carbocycles. The molecule has 0 spiro atoms. The number of halogens is 2. The van der Waals surface area contributed by atoms with Crippen LogP contribution in [0.3, 0.4) is 0 Å². The number of benzene rings is 2. The van der Waals surface area contributed by atoms with Gasteiger partial charge in [-0.25, -0.2) is 4.79 Å². The largest absolute Gasteiger partial charge is 0.450 e. The van der Waals surface area contributed by atoms with Gasteiger partial charge >= 0.3 is 5.97 Å². The third kappa shape index (κ3) is 3.75. The monoisotopic (exact) mass is 391 g/mol. The van der Waals surface area contributed by atoms with E-state index in [0.717, 1.165) is 37.2 Å². The Balaban J connectivity index is 0.00000196. The molecule has 0 N–H and O–H groups in total. The van der Waals surface area contributed by atoms with Gasteiger partial charge in [-0.2, -0.15) is 0 Å². The number of ether oxygens (including phenoxy) is 1. The molecule has 4 rings (SSSR count). The first-order valence-corrected chi connectivity index (χ1v) is 9.34. The fourth-order valence-electron chi connectivity index (χ4n) is 3.99. The van der Waals surface area contributed by atoms with E-state index in [1.54, 1.807) is 0 Å². The van der Waals surface area contributed by atoms with Crippen LogP contribution in [-0.4, -0.2) is 30.5 Å². The van der Waals surface area contributed by atoms with E-state index in [9.17, 15) is 4.79 Å². The van der Waals surface area contributed by atoms with Gasteiger partial charge in [0.1, 0.15) is 5.60 Å². The zero-order valence-corrected chi connectivity index (χ0v) is 16.2. The number of carbonyl (C=O) groups excluding carboxylic acids is 1. The van der Waals surface area contributed by atoms with Crippen LogP contribution in [0.2, 0.25) is 5.02 Å². The summed E-state index contributed by atoms with van der Waals surface area (Å²) in [6, 6.07) is 15.5. The number of nitrogens with zero attached hydrogens (tertiary/aromatic N) is 1. The van der Waals surface area contributed by atoms with Crippen LogP contribution in [0, 0.1) is 0 Å². The molecule has 2 heterocycles. The fourth-order valence-corrected chi connectivity index (χ4v) is 4.12. The lowest BCUT2D eigenvalue weighted by atomic mass is 9.81. The van der Waals surface area contributed by atoms with Crippen molar-refractivity contribution < 1.29 is 9.53 Å². The van der Waals surface area contributed by atoms with E-state index in [1.165, 1.54) is 12.8 Å². The Morgan fingerprint density at radius 1 is 1.04 bits per heavy atom. The number of hydrogen-bond acceptors (Lipinski definition) is 3. The summed E-state index contributed by atoms with van der Waals surface area (Å²) in [4.78, 5) is 15.1. The van der Waals surface area contributed by atoms with E-state index < -0.39 is 5.60 Å². The molecule has 1 unspecified atom stereocenters. The predicted molar refractivity (Wildman–Crippen MR) is 106 cm³/mol. The Hall–Kier alpha value is -1.55. The first-order valence-electron chi connectivity index (χ1n) is 8.96. The number of rotatable bonds is 4. The second-order valence-corrected chi connectivity index (χ2v) is 7.46. The third-order valence-electron chi connectivity index (χ3n) is 5.40. The number of fused-ring (bicyclic) bond motifs is 1. The maximum atomic E-state index is 12.7. The summed E-state index contributed by atoms with van der Waals surface area (Å²) < 4.78 is 6.08. The zero-order valence-electron chi connectivity index (χ0n) is 14.6. The molecule has 5 heteroatoms. The maximum Gasteiger partial charge on any atom is 0.339 e. The van der Waals surface area contributed by atoms with Gasteiger partial charge in [-0.3, -0.25) is 0 Å². The first kappa shape index (κ1) is 19.2. The highest BCUT2D eigenvalue weighted by Crippen LogP contribution is 2.39. The number of esters is 1. The second-order valence-electron chi connectivity index (χ2n) is 7.02. The lowest BCUT2D eigenvalue weighted by Crippen LogP contribution is -2.42. The van der Waals surface area contributed by atoms with Crippen LogP contribution >= 0.6 is 24.0 Å². The zero-order chi connectivity index (χ0) is 17.3. The van der Waals surface area contributed by atoms with Gasteiger partial charge in [-0.1, -0.05) is 41.9 Å². The minimum absolute atomic E-state index is 0. The summed E-state index contributed by atoms with van der Waals surface area (Å²) in [7, 11) is 0. The summed E-state index contributed by atoms with van der Waals surface area (Å²) in [6.45, 7) is 3.22. The number of likely N-dealkylation sites (tertiary alicyclic amines) is 1. The van der Waals surface area contributed by atoms with Crippen LogP contribution < -0.4 is 0 Å². The Bertz CT molecular complexity index is 772. The van der Waals surface area contributed by atoms with Gasteiger partial charge in [0.15, 0.2) is 0 Å². The van der Waals surface area contributed by atoms with Crippen molar-refractivity contribution in [3.63, 3.8) is 0 Å². The second kappa shape index (κ2) is 7.99. The van der Waals surface area contributed by atoms with Crippen molar-refractivity contribution in [3.8, 4) is 0 Å². The quantitative estimate of drug-likeness (QED) is 0.697. The SMILES string of the molecule is Cl.O=C1OC(CCN2CCCC2)(c2ccc(Cl)cc2)Cc2ccccc21. The van der Waals surface area contributed by atoms with Crippen molar-refractivity contribution in [2.24, 2.45) is 0 Å². The molecule has 1 fully saturated rings. The molecule has 2 aromatic carbocycles. The summed E-state index contributed by atoms with van der Waals surface area (Å²) >= 11 is 6.07. The van der Waals surface area contributed by atoms with E-state index in [-0.39, 0.29) is 18.4 Å². The van der Waals surface area contributed by atoms with Crippen LogP contribution in [0.4, 0.5) is 0 Å². The van der Waals surface area contributed by atoms with Gasteiger partial charge in [0, 0.05) is 24.4 Å².